The van der Waals surface area contributed by atoms with E-state index in [4.69, 9.17) is 9.26 Å². The van der Waals surface area contributed by atoms with Crippen molar-refractivity contribution < 1.29 is 9.26 Å². The highest BCUT2D eigenvalue weighted by atomic mass is 16.5. The van der Waals surface area contributed by atoms with Gasteiger partial charge in [-0.2, -0.15) is 4.98 Å². The van der Waals surface area contributed by atoms with Crippen LogP contribution in [0.15, 0.2) is 34.9 Å². The maximum atomic E-state index is 5.88. The summed E-state index contributed by atoms with van der Waals surface area (Å²) in [6.07, 6.45) is 3.27. The molecule has 0 N–H and O–H groups in total. The average Bonchev–Trinajstić information content (AvgIpc) is 3.01. The third kappa shape index (κ3) is 3.93. The highest BCUT2D eigenvalue weighted by molar-refractivity contribution is 5.18. The van der Waals surface area contributed by atoms with Crippen LogP contribution in [0.1, 0.15) is 43.1 Å². The summed E-state index contributed by atoms with van der Waals surface area (Å²) in [5.74, 6) is 1.53. The molecule has 22 heavy (non-hydrogen) atoms. The van der Waals surface area contributed by atoms with Crippen LogP contribution in [0.5, 0.6) is 0 Å². The fraction of sp³-hybridized carbons (Fsp3) is 0.529. The molecule has 1 atom stereocenters. The first-order chi connectivity index (χ1) is 10.8. The van der Waals surface area contributed by atoms with E-state index in [1.165, 1.54) is 5.56 Å². The van der Waals surface area contributed by atoms with Crippen LogP contribution in [-0.2, 0) is 17.7 Å². The lowest BCUT2D eigenvalue weighted by atomic mass is 10.1. The van der Waals surface area contributed by atoms with E-state index in [-0.39, 0.29) is 6.10 Å². The number of hydrogen-bond acceptors (Lipinski definition) is 5. The number of nitrogens with zero attached hydrogens (tertiary/aromatic N) is 3. The Labute approximate surface area is 131 Å². The van der Waals surface area contributed by atoms with Gasteiger partial charge in [0, 0.05) is 19.5 Å². The van der Waals surface area contributed by atoms with Crippen LogP contribution in [0.25, 0.3) is 0 Å². The molecule has 2 aromatic rings. The normalized spacial score (nSPS) is 19.4. The van der Waals surface area contributed by atoms with Gasteiger partial charge in [0.2, 0.25) is 5.89 Å². The Bertz CT molecular complexity index is 570. The zero-order valence-corrected chi connectivity index (χ0v) is 13.1. The second-order valence-corrected chi connectivity index (χ2v) is 5.71. The number of unbranched alkanes of at least 4 members (excludes halogenated alkanes) is 1. The van der Waals surface area contributed by atoms with E-state index in [0.29, 0.717) is 12.4 Å². The minimum atomic E-state index is 0.123. The van der Waals surface area contributed by atoms with Crippen LogP contribution in [-0.4, -0.2) is 34.7 Å². The Kier molecular flexibility index (Phi) is 5.19. The Balaban J connectivity index is 1.57. The number of morpholine rings is 1. The maximum Gasteiger partial charge on any atom is 0.240 e. The van der Waals surface area contributed by atoms with Gasteiger partial charge in [0.25, 0.3) is 0 Å². The molecule has 0 radical (unpaired) electrons. The van der Waals surface area contributed by atoms with Crippen molar-refractivity contribution in [2.24, 2.45) is 0 Å². The summed E-state index contributed by atoms with van der Waals surface area (Å²) >= 11 is 0. The number of hydrogen-bond donors (Lipinski definition) is 0. The molecule has 2 heterocycles. The molecular formula is C17H23N3O2. The third-order valence-electron chi connectivity index (χ3n) is 3.94. The largest absolute Gasteiger partial charge is 0.371 e. The first kappa shape index (κ1) is 15.2. The van der Waals surface area contributed by atoms with Crippen molar-refractivity contribution in [2.45, 2.75) is 38.8 Å². The molecule has 5 nitrogen and oxygen atoms in total. The summed E-state index contributed by atoms with van der Waals surface area (Å²) in [7, 11) is 0. The van der Waals surface area contributed by atoms with Gasteiger partial charge in [-0.3, -0.25) is 4.90 Å². The van der Waals surface area contributed by atoms with Crippen molar-refractivity contribution in [3.8, 4) is 0 Å². The summed E-state index contributed by atoms with van der Waals surface area (Å²) in [6.45, 7) is 5.35. The van der Waals surface area contributed by atoms with Gasteiger partial charge in [-0.1, -0.05) is 48.8 Å². The van der Waals surface area contributed by atoms with Gasteiger partial charge in [0.1, 0.15) is 0 Å². The molecule has 1 unspecified atom stereocenters. The SMILES string of the molecule is CCCCc1noc(CN2CCOC(c3ccccc3)C2)n1. The quantitative estimate of drug-likeness (QED) is 0.821. The van der Waals surface area contributed by atoms with Crippen LogP contribution < -0.4 is 0 Å². The standard InChI is InChI=1S/C17H23N3O2/c1-2-3-9-16-18-17(22-19-16)13-20-10-11-21-15(12-20)14-7-5-4-6-8-14/h4-8,15H,2-3,9-13H2,1H3. The Hall–Kier alpha value is -1.72. The fourth-order valence-electron chi connectivity index (χ4n) is 2.70. The lowest BCUT2D eigenvalue weighted by molar-refractivity contribution is -0.0355. The third-order valence-corrected chi connectivity index (χ3v) is 3.94. The summed E-state index contributed by atoms with van der Waals surface area (Å²) in [5.41, 5.74) is 1.22. The monoisotopic (exact) mass is 301 g/mol. The molecular weight excluding hydrogens is 278 g/mol. The van der Waals surface area contributed by atoms with Crippen molar-refractivity contribution in [3.05, 3.63) is 47.6 Å². The van der Waals surface area contributed by atoms with E-state index in [9.17, 15) is 0 Å². The number of aromatic nitrogens is 2. The molecule has 1 aromatic carbocycles. The molecule has 0 saturated carbocycles. The molecule has 5 heteroatoms. The zero-order chi connectivity index (χ0) is 15.2. The first-order valence-electron chi connectivity index (χ1n) is 8.05. The van der Waals surface area contributed by atoms with Crippen LogP contribution in [0.2, 0.25) is 0 Å². The van der Waals surface area contributed by atoms with Crippen molar-refractivity contribution in [3.63, 3.8) is 0 Å². The molecule has 1 aliphatic heterocycles. The molecule has 0 aliphatic carbocycles. The molecule has 0 amide bonds. The van der Waals surface area contributed by atoms with E-state index in [1.807, 2.05) is 6.07 Å². The summed E-state index contributed by atoms with van der Waals surface area (Å²) < 4.78 is 11.2. The predicted molar refractivity (Wildman–Crippen MR) is 83.3 cm³/mol. The van der Waals surface area contributed by atoms with Gasteiger partial charge in [-0.25, -0.2) is 0 Å². The second kappa shape index (κ2) is 7.51. The van der Waals surface area contributed by atoms with E-state index < -0.39 is 0 Å². The van der Waals surface area contributed by atoms with Crippen LogP contribution >= 0.6 is 0 Å². The number of rotatable bonds is 6. The number of aryl methyl sites for hydroxylation is 1. The van der Waals surface area contributed by atoms with Crippen LogP contribution in [0, 0.1) is 0 Å². The van der Waals surface area contributed by atoms with Crippen molar-refractivity contribution in [1.29, 1.82) is 0 Å². The van der Waals surface area contributed by atoms with Crippen molar-refractivity contribution in [2.75, 3.05) is 19.7 Å². The van der Waals surface area contributed by atoms with Crippen molar-refractivity contribution in [1.82, 2.24) is 15.0 Å². The second-order valence-electron chi connectivity index (χ2n) is 5.71. The zero-order valence-electron chi connectivity index (χ0n) is 13.1. The van der Waals surface area contributed by atoms with Gasteiger partial charge in [-0.05, 0) is 12.0 Å². The molecule has 1 aromatic heterocycles. The summed E-state index contributed by atoms with van der Waals surface area (Å²) in [5, 5.41) is 4.05. The van der Waals surface area contributed by atoms with Crippen molar-refractivity contribution >= 4 is 0 Å². The predicted octanol–water partition coefficient (Wildman–Crippen LogP) is 2.99. The molecule has 118 valence electrons. The summed E-state index contributed by atoms with van der Waals surface area (Å²) in [6, 6.07) is 10.4. The van der Waals surface area contributed by atoms with E-state index in [1.54, 1.807) is 0 Å². The molecule has 1 fully saturated rings. The topological polar surface area (TPSA) is 51.4 Å². The molecule has 1 saturated heterocycles. The summed E-state index contributed by atoms with van der Waals surface area (Å²) in [4.78, 5) is 6.80. The van der Waals surface area contributed by atoms with Gasteiger partial charge in [0.05, 0.1) is 19.3 Å². The van der Waals surface area contributed by atoms with E-state index in [0.717, 1.165) is 44.8 Å². The van der Waals surface area contributed by atoms with Crippen LogP contribution in [0.3, 0.4) is 0 Å². The maximum absolute atomic E-state index is 5.88. The van der Waals surface area contributed by atoms with Gasteiger partial charge < -0.3 is 9.26 Å². The van der Waals surface area contributed by atoms with Gasteiger partial charge in [0.15, 0.2) is 5.82 Å². The van der Waals surface area contributed by atoms with E-state index in [2.05, 4.69) is 46.2 Å². The lowest BCUT2D eigenvalue weighted by Crippen LogP contribution is -2.37. The smallest absolute Gasteiger partial charge is 0.240 e. The Morgan fingerprint density at radius 3 is 2.95 bits per heavy atom. The molecule has 3 rings (SSSR count). The van der Waals surface area contributed by atoms with Gasteiger partial charge >= 0.3 is 0 Å². The minimum absolute atomic E-state index is 0.123. The Morgan fingerprint density at radius 1 is 1.27 bits per heavy atom. The highest BCUT2D eigenvalue weighted by Gasteiger charge is 2.23. The number of ether oxygens (including phenoxy) is 1. The van der Waals surface area contributed by atoms with E-state index >= 15 is 0 Å². The fourth-order valence-corrected chi connectivity index (χ4v) is 2.70. The first-order valence-corrected chi connectivity index (χ1v) is 8.05. The minimum Gasteiger partial charge on any atom is -0.371 e. The van der Waals surface area contributed by atoms with Crippen LogP contribution in [0.4, 0.5) is 0 Å². The average molecular weight is 301 g/mol. The molecule has 0 bridgehead atoms. The highest BCUT2D eigenvalue weighted by Crippen LogP contribution is 2.22. The molecule has 1 aliphatic rings. The lowest BCUT2D eigenvalue weighted by Gasteiger charge is -2.32. The number of benzene rings is 1. The molecule has 0 spiro atoms. The Morgan fingerprint density at radius 2 is 2.14 bits per heavy atom. The van der Waals surface area contributed by atoms with Gasteiger partial charge in [-0.15, -0.1) is 0 Å².